The van der Waals surface area contributed by atoms with Crippen molar-refractivity contribution in [3.8, 4) is 17.2 Å². The van der Waals surface area contributed by atoms with Crippen LogP contribution in [0, 0.1) is 10.1 Å². The SMILES string of the molecule is COc1cc(C(=O)OCC(=O)N(Cc2ccccc2)C(C)C)ccc1Oc1ccc(Cl)cc1[N+](=O)[O-]. The minimum absolute atomic E-state index is 0.0455. The summed E-state index contributed by atoms with van der Waals surface area (Å²) in [5, 5.41) is 11.5. The van der Waals surface area contributed by atoms with Crippen LogP contribution in [0.15, 0.2) is 66.7 Å². The number of methoxy groups -OCH3 is 1. The molecule has 0 saturated carbocycles. The third kappa shape index (κ3) is 6.73. The monoisotopic (exact) mass is 512 g/mol. The zero-order chi connectivity index (χ0) is 26.2. The van der Waals surface area contributed by atoms with Crippen LogP contribution in [0.2, 0.25) is 5.02 Å². The maximum Gasteiger partial charge on any atom is 0.338 e. The molecular formula is C26H25ClN2O7. The number of ether oxygens (including phenoxy) is 3. The highest BCUT2D eigenvalue weighted by molar-refractivity contribution is 6.30. The highest BCUT2D eigenvalue weighted by Crippen LogP contribution is 2.38. The van der Waals surface area contributed by atoms with Crippen molar-refractivity contribution in [3.05, 3.63) is 93.0 Å². The number of hydrogen-bond donors (Lipinski definition) is 0. The predicted octanol–water partition coefficient (Wildman–Crippen LogP) is 5.64. The minimum atomic E-state index is -0.728. The molecule has 188 valence electrons. The van der Waals surface area contributed by atoms with Crippen LogP contribution in [0.4, 0.5) is 5.69 Å². The van der Waals surface area contributed by atoms with Gasteiger partial charge in [0, 0.05) is 23.7 Å². The molecule has 0 atom stereocenters. The third-order valence-corrected chi connectivity index (χ3v) is 5.44. The number of nitrogens with zero attached hydrogens (tertiary/aromatic N) is 2. The Morgan fingerprint density at radius 2 is 1.69 bits per heavy atom. The fourth-order valence-corrected chi connectivity index (χ4v) is 3.52. The molecule has 0 aliphatic heterocycles. The summed E-state index contributed by atoms with van der Waals surface area (Å²) in [6.45, 7) is 3.74. The number of nitro benzene ring substituents is 1. The van der Waals surface area contributed by atoms with Gasteiger partial charge in [-0.05, 0) is 49.7 Å². The van der Waals surface area contributed by atoms with Crippen molar-refractivity contribution in [3.63, 3.8) is 0 Å². The summed E-state index contributed by atoms with van der Waals surface area (Å²) < 4.78 is 16.2. The molecule has 10 heteroatoms. The number of hydrogen-bond acceptors (Lipinski definition) is 7. The highest BCUT2D eigenvalue weighted by atomic mass is 35.5. The molecule has 0 radical (unpaired) electrons. The van der Waals surface area contributed by atoms with E-state index in [0.29, 0.717) is 6.54 Å². The average molecular weight is 513 g/mol. The van der Waals surface area contributed by atoms with E-state index in [-0.39, 0.29) is 45.5 Å². The third-order valence-electron chi connectivity index (χ3n) is 5.20. The number of esters is 1. The second-order valence-corrected chi connectivity index (χ2v) is 8.45. The first-order valence-electron chi connectivity index (χ1n) is 11.0. The standard InChI is InChI=1S/C26H25ClN2O7/c1-17(2)28(15-18-7-5-4-6-8-18)25(30)16-35-26(31)19-9-11-23(24(13-19)34-3)36-22-12-10-20(27)14-21(22)29(32)33/h4-14,17H,15-16H2,1-3H3. The van der Waals surface area contributed by atoms with Gasteiger partial charge in [0.05, 0.1) is 17.6 Å². The Kier molecular flexibility index (Phi) is 8.86. The summed E-state index contributed by atoms with van der Waals surface area (Å²) in [5.74, 6) is -0.814. The topological polar surface area (TPSA) is 108 Å². The van der Waals surface area contributed by atoms with Crippen molar-refractivity contribution in [2.24, 2.45) is 0 Å². The van der Waals surface area contributed by atoms with Crippen molar-refractivity contribution in [1.82, 2.24) is 4.90 Å². The molecule has 0 heterocycles. The Hall–Kier alpha value is -4.11. The first-order valence-corrected chi connectivity index (χ1v) is 11.4. The quantitative estimate of drug-likeness (QED) is 0.196. The second kappa shape index (κ2) is 12.0. The molecule has 0 aromatic heterocycles. The lowest BCUT2D eigenvalue weighted by Crippen LogP contribution is -2.39. The molecule has 36 heavy (non-hydrogen) atoms. The van der Waals surface area contributed by atoms with E-state index in [4.69, 9.17) is 25.8 Å². The Labute approximate surface area is 213 Å². The van der Waals surface area contributed by atoms with Crippen molar-refractivity contribution in [2.75, 3.05) is 13.7 Å². The van der Waals surface area contributed by atoms with Gasteiger partial charge in [0.1, 0.15) is 0 Å². The molecule has 0 fully saturated rings. The van der Waals surface area contributed by atoms with Crippen LogP contribution < -0.4 is 9.47 Å². The van der Waals surface area contributed by atoms with E-state index in [0.717, 1.165) is 5.56 Å². The van der Waals surface area contributed by atoms with Crippen LogP contribution in [0.5, 0.6) is 17.2 Å². The lowest BCUT2D eigenvalue weighted by Gasteiger charge is -2.26. The van der Waals surface area contributed by atoms with Crippen molar-refractivity contribution < 1.29 is 28.7 Å². The minimum Gasteiger partial charge on any atom is -0.493 e. The van der Waals surface area contributed by atoms with Crippen molar-refractivity contribution in [2.45, 2.75) is 26.4 Å². The number of carbonyl (C=O) groups is 2. The smallest absolute Gasteiger partial charge is 0.338 e. The van der Waals surface area contributed by atoms with E-state index in [1.807, 2.05) is 44.2 Å². The van der Waals surface area contributed by atoms with E-state index in [1.165, 1.54) is 43.5 Å². The largest absolute Gasteiger partial charge is 0.493 e. The van der Waals surface area contributed by atoms with Gasteiger partial charge in [0.2, 0.25) is 5.75 Å². The lowest BCUT2D eigenvalue weighted by molar-refractivity contribution is -0.385. The number of benzene rings is 3. The average Bonchev–Trinajstić information content (AvgIpc) is 2.87. The molecule has 3 aromatic carbocycles. The Bertz CT molecular complexity index is 1250. The van der Waals surface area contributed by atoms with Crippen LogP contribution in [-0.2, 0) is 16.1 Å². The maximum atomic E-state index is 12.8. The van der Waals surface area contributed by atoms with Gasteiger partial charge >= 0.3 is 11.7 Å². The van der Waals surface area contributed by atoms with Gasteiger partial charge in [-0.1, -0.05) is 41.9 Å². The molecule has 1 amide bonds. The number of halogens is 1. The molecule has 0 unspecified atom stereocenters. The summed E-state index contributed by atoms with van der Waals surface area (Å²) in [6.07, 6.45) is 0. The molecule has 0 spiro atoms. The van der Waals surface area contributed by atoms with Crippen LogP contribution in [0.3, 0.4) is 0 Å². The fraction of sp³-hybridized carbons (Fsp3) is 0.231. The van der Waals surface area contributed by atoms with Crippen LogP contribution in [0.25, 0.3) is 0 Å². The van der Waals surface area contributed by atoms with Crippen LogP contribution >= 0.6 is 11.6 Å². The number of amides is 1. The van der Waals surface area contributed by atoms with Crippen LogP contribution in [0.1, 0.15) is 29.8 Å². The Balaban J connectivity index is 1.70. The van der Waals surface area contributed by atoms with Gasteiger partial charge in [-0.3, -0.25) is 14.9 Å². The zero-order valence-corrected chi connectivity index (χ0v) is 20.7. The Morgan fingerprint density at radius 1 is 1.00 bits per heavy atom. The summed E-state index contributed by atoms with van der Waals surface area (Å²) in [7, 11) is 1.36. The molecule has 3 aromatic rings. The van der Waals surface area contributed by atoms with E-state index in [1.54, 1.807) is 4.90 Å². The van der Waals surface area contributed by atoms with Gasteiger partial charge in [-0.15, -0.1) is 0 Å². The first-order chi connectivity index (χ1) is 17.2. The fourth-order valence-electron chi connectivity index (χ4n) is 3.35. The molecule has 0 bridgehead atoms. The summed E-state index contributed by atoms with van der Waals surface area (Å²) in [4.78, 5) is 37.7. The normalized spacial score (nSPS) is 10.6. The van der Waals surface area contributed by atoms with Crippen LogP contribution in [-0.4, -0.2) is 41.5 Å². The molecule has 3 rings (SSSR count). The second-order valence-electron chi connectivity index (χ2n) is 8.01. The highest BCUT2D eigenvalue weighted by Gasteiger charge is 2.22. The maximum absolute atomic E-state index is 12.8. The number of rotatable bonds is 10. The zero-order valence-electron chi connectivity index (χ0n) is 20.0. The predicted molar refractivity (Wildman–Crippen MR) is 134 cm³/mol. The van der Waals surface area contributed by atoms with Crippen molar-refractivity contribution >= 4 is 29.2 Å². The van der Waals surface area contributed by atoms with Crippen molar-refractivity contribution in [1.29, 1.82) is 0 Å². The Morgan fingerprint density at radius 3 is 2.33 bits per heavy atom. The van der Waals surface area contributed by atoms with E-state index < -0.39 is 17.5 Å². The van der Waals surface area contributed by atoms with Gasteiger partial charge in [-0.25, -0.2) is 4.79 Å². The molecule has 0 N–H and O–H groups in total. The number of carbonyl (C=O) groups excluding carboxylic acids is 2. The van der Waals surface area contributed by atoms with Gasteiger partial charge in [-0.2, -0.15) is 0 Å². The van der Waals surface area contributed by atoms with Gasteiger partial charge in [0.25, 0.3) is 5.91 Å². The molecule has 0 saturated heterocycles. The summed E-state index contributed by atoms with van der Waals surface area (Å²) in [5.41, 5.74) is 0.764. The van der Waals surface area contributed by atoms with E-state index in [9.17, 15) is 19.7 Å². The molecule has 0 aliphatic carbocycles. The first kappa shape index (κ1) is 26.5. The number of nitro groups is 1. The molecule has 0 aliphatic rings. The summed E-state index contributed by atoms with van der Waals surface area (Å²) >= 11 is 5.84. The summed E-state index contributed by atoms with van der Waals surface area (Å²) in [6, 6.07) is 17.6. The van der Waals surface area contributed by atoms with E-state index in [2.05, 4.69) is 0 Å². The lowest BCUT2D eigenvalue weighted by atomic mass is 10.2. The molecular weight excluding hydrogens is 488 g/mol. The van der Waals surface area contributed by atoms with Gasteiger partial charge < -0.3 is 19.1 Å². The molecule has 9 nitrogen and oxygen atoms in total. The van der Waals surface area contributed by atoms with Gasteiger partial charge in [0.15, 0.2) is 18.1 Å². The van der Waals surface area contributed by atoms with E-state index >= 15 is 0 Å².